The number of nitrogens with zero attached hydrogens (tertiary/aromatic N) is 10. The average Bonchev–Trinajstić information content (AvgIpc) is 4.09. The summed E-state index contributed by atoms with van der Waals surface area (Å²) in [5.74, 6) is 2.56. The van der Waals surface area contributed by atoms with Crippen molar-refractivity contribution in [2.75, 3.05) is 18.6 Å². The van der Waals surface area contributed by atoms with E-state index in [2.05, 4.69) is 45.4 Å². The van der Waals surface area contributed by atoms with Crippen LogP contribution in [0.2, 0.25) is 0 Å². The average molecular weight is 858 g/mol. The molecular weight excluding hydrogens is 807 g/mol. The molecule has 0 aliphatic heterocycles. The molecule has 322 valence electrons. The maximum absolute atomic E-state index is 10.0. The van der Waals surface area contributed by atoms with E-state index in [1.165, 1.54) is 21.6 Å². The zero-order chi connectivity index (χ0) is 45.2. The highest BCUT2D eigenvalue weighted by Gasteiger charge is 2.20. The lowest BCUT2D eigenvalue weighted by molar-refractivity contribution is 0.0780. The van der Waals surface area contributed by atoms with E-state index in [0.717, 1.165) is 33.4 Å². The van der Waals surface area contributed by atoms with E-state index in [4.69, 9.17) is 39.0 Å². The molecule has 0 fully saturated rings. The second-order valence-corrected chi connectivity index (χ2v) is 14.8. The minimum absolute atomic E-state index is 0.215. The van der Waals surface area contributed by atoms with Crippen molar-refractivity contribution in [3.05, 3.63) is 118 Å². The first-order valence-corrected chi connectivity index (χ1v) is 19.3. The molecule has 0 spiro atoms. The fourth-order valence-electron chi connectivity index (χ4n) is 5.84. The molecule has 6 aromatic heterocycles. The van der Waals surface area contributed by atoms with Crippen molar-refractivity contribution in [3.8, 4) is 23.2 Å². The maximum Gasteiger partial charge on any atom is 0.245 e. The second kappa shape index (κ2) is 19.8. The van der Waals surface area contributed by atoms with Crippen molar-refractivity contribution in [1.29, 1.82) is 0 Å². The van der Waals surface area contributed by atoms with Gasteiger partial charge in [-0.15, -0.1) is 21.8 Å². The van der Waals surface area contributed by atoms with E-state index >= 15 is 0 Å². The van der Waals surface area contributed by atoms with E-state index in [1.54, 1.807) is 40.1 Å². The molecule has 0 saturated carbocycles. The highest BCUT2D eigenvalue weighted by Crippen LogP contribution is 2.26. The summed E-state index contributed by atoms with van der Waals surface area (Å²) in [4.78, 5) is 25.7. The van der Waals surface area contributed by atoms with Crippen molar-refractivity contribution in [2.24, 2.45) is 5.73 Å². The Bertz CT molecular complexity index is 2640. The molecule has 20 heteroatoms. The standard InChI is InChI=1S/C20H23N7O2.C10H9ClN6O.C10H15NO.CH3F/c1-12-16(18-23-8-9-29-18)25-19(21)27-17(12)24-15(26-27)11-22-10-13-4-6-14(7-5-13)20(2,3)28;1-5-7(9-13-2-3-18-9)15-10(12)17-8(5)14-6(4-11)16-17;1-10(2,12)9-5-3-8(7-11)4-6-9;1-2/h4-9,22,28H,10-11H2,1-3H3,(H2,21,25);2-3H,4H2,1H3,(H2,12,15);3-6,12H,7,11H2,1-2H3;1H3/i;;;1D. The normalized spacial score (nSPS) is 11.6. The number of nitrogens with two attached hydrogens (primary N) is 3. The molecule has 2 aromatic carbocycles. The Balaban J connectivity index is 0.000000187. The van der Waals surface area contributed by atoms with Gasteiger partial charge in [0.15, 0.2) is 22.9 Å². The van der Waals surface area contributed by atoms with Crippen LogP contribution in [0.25, 0.3) is 34.5 Å². The number of aliphatic hydroxyl groups is 2. The van der Waals surface area contributed by atoms with Crippen molar-refractivity contribution < 1.29 is 24.8 Å². The maximum atomic E-state index is 10.0. The number of alkyl halides is 2. The van der Waals surface area contributed by atoms with Gasteiger partial charge >= 0.3 is 0 Å². The van der Waals surface area contributed by atoms with E-state index in [1.807, 2.05) is 62.4 Å². The van der Waals surface area contributed by atoms with Gasteiger partial charge in [-0.25, -0.2) is 29.9 Å². The first-order valence-electron chi connectivity index (χ1n) is 19.5. The first kappa shape index (κ1) is 44.2. The van der Waals surface area contributed by atoms with E-state index < -0.39 is 18.4 Å². The van der Waals surface area contributed by atoms with Crippen LogP contribution in [0, 0.1) is 13.8 Å². The lowest BCUT2D eigenvalue weighted by atomic mass is 9.97. The third-order valence-corrected chi connectivity index (χ3v) is 9.37. The number of aryl methyl sites for hydroxylation is 2. The molecule has 0 unspecified atom stereocenters. The number of nitrogen functional groups attached to an aromatic ring is 2. The molecule has 8 rings (SSSR count). The number of oxazole rings is 2. The molecular formula is C41H50ClFN14O4. The molecule has 0 bridgehead atoms. The quantitative estimate of drug-likeness (QED) is 0.0920. The molecule has 0 saturated heterocycles. The number of hydrogen-bond donors (Lipinski definition) is 6. The monoisotopic (exact) mass is 857 g/mol. The summed E-state index contributed by atoms with van der Waals surface area (Å²) >= 11 is 5.71. The summed E-state index contributed by atoms with van der Waals surface area (Å²) in [5, 5.41) is 31.6. The van der Waals surface area contributed by atoms with Crippen LogP contribution in [0.15, 0.2) is 82.3 Å². The Morgan fingerprint density at radius 1 is 0.721 bits per heavy atom. The van der Waals surface area contributed by atoms with Gasteiger partial charge in [0.2, 0.25) is 23.7 Å². The fourth-order valence-corrected chi connectivity index (χ4v) is 5.96. The smallest absolute Gasteiger partial charge is 0.245 e. The van der Waals surface area contributed by atoms with Crippen LogP contribution in [-0.4, -0.2) is 66.5 Å². The molecule has 61 heavy (non-hydrogen) atoms. The highest BCUT2D eigenvalue weighted by molar-refractivity contribution is 6.16. The number of aromatic nitrogens is 10. The summed E-state index contributed by atoms with van der Waals surface area (Å²) < 4.78 is 29.0. The Morgan fingerprint density at radius 2 is 1.15 bits per heavy atom. The summed E-state index contributed by atoms with van der Waals surface area (Å²) in [6.45, 7) is 12.5. The summed E-state index contributed by atoms with van der Waals surface area (Å²) in [5.41, 5.74) is 23.6. The largest absolute Gasteiger partial charge is 0.443 e. The molecule has 6 heterocycles. The molecule has 8 aromatic rings. The molecule has 0 aliphatic carbocycles. The lowest BCUT2D eigenvalue weighted by Crippen LogP contribution is -2.16. The predicted molar refractivity (Wildman–Crippen MR) is 229 cm³/mol. The molecule has 0 atom stereocenters. The van der Waals surface area contributed by atoms with Crippen LogP contribution in [-0.2, 0) is 36.7 Å². The molecule has 18 nitrogen and oxygen atoms in total. The number of anilines is 2. The number of fused-ring (bicyclic) bond motifs is 2. The predicted octanol–water partition coefficient (Wildman–Crippen LogP) is 5.55. The second-order valence-electron chi connectivity index (χ2n) is 14.5. The lowest BCUT2D eigenvalue weighted by Gasteiger charge is -2.17. The van der Waals surface area contributed by atoms with E-state index in [9.17, 15) is 14.6 Å². The van der Waals surface area contributed by atoms with E-state index in [-0.39, 0.29) is 17.8 Å². The SMILES string of the molecule is CC(C)(O)c1ccc(CN)cc1.Cc1c(-c2ncco2)nc(N)n2nc(CCl)nc12.Cc1c(-c2ncco2)nc(N)n2nc(CNCc3ccc(C(C)(C)O)cc3)nc12.[2H]CF. The van der Waals surface area contributed by atoms with Crippen LogP contribution in [0.1, 0.15) is 74.1 Å². The molecule has 0 aliphatic rings. The molecule has 0 amide bonds. The van der Waals surface area contributed by atoms with Crippen molar-refractivity contribution >= 4 is 34.8 Å². The van der Waals surface area contributed by atoms with Gasteiger partial charge in [0.25, 0.3) is 0 Å². The number of rotatable bonds is 10. The topological polar surface area (TPSA) is 269 Å². The zero-order valence-electron chi connectivity index (χ0n) is 35.6. The third kappa shape index (κ3) is 11.1. The van der Waals surface area contributed by atoms with Crippen LogP contribution in [0.4, 0.5) is 16.3 Å². The van der Waals surface area contributed by atoms with Gasteiger partial charge in [-0.1, -0.05) is 48.5 Å². The van der Waals surface area contributed by atoms with Gasteiger partial charge in [0.05, 0.1) is 44.5 Å². The highest BCUT2D eigenvalue weighted by atomic mass is 35.5. The molecule has 0 radical (unpaired) electrons. The van der Waals surface area contributed by atoms with Crippen molar-refractivity contribution in [2.45, 2.75) is 78.3 Å². The number of hydrogen-bond acceptors (Lipinski definition) is 16. The Morgan fingerprint density at radius 3 is 1.54 bits per heavy atom. The van der Waals surface area contributed by atoms with Crippen LogP contribution >= 0.6 is 11.6 Å². The van der Waals surface area contributed by atoms with Gasteiger partial charge in [0, 0.05) is 24.2 Å². The Labute approximate surface area is 357 Å². The van der Waals surface area contributed by atoms with Gasteiger partial charge in [-0.2, -0.15) is 9.03 Å². The summed E-state index contributed by atoms with van der Waals surface area (Å²) in [6.07, 6.45) is 6.07. The third-order valence-electron chi connectivity index (χ3n) is 9.13. The summed E-state index contributed by atoms with van der Waals surface area (Å²) in [6, 6.07) is 15.5. The number of halogens is 2. The van der Waals surface area contributed by atoms with Gasteiger partial charge in [-0.05, 0) is 63.8 Å². The summed E-state index contributed by atoms with van der Waals surface area (Å²) in [7, 11) is -1.00. The van der Waals surface area contributed by atoms with Crippen molar-refractivity contribution in [1.82, 2.24) is 54.4 Å². The minimum atomic E-state index is -1.00. The number of benzene rings is 2. The Kier molecular flexibility index (Phi) is 14.3. The molecule has 9 N–H and O–H groups in total. The first-order chi connectivity index (χ1) is 29.5. The van der Waals surface area contributed by atoms with Crippen LogP contribution in [0.3, 0.4) is 0 Å². The number of nitrogens with one attached hydrogen (secondary N) is 1. The zero-order valence-corrected chi connectivity index (χ0v) is 35.4. The Hall–Kier alpha value is -6.38. The fraction of sp³-hybridized carbons (Fsp3) is 0.317. The minimum Gasteiger partial charge on any atom is -0.443 e. The van der Waals surface area contributed by atoms with Crippen molar-refractivity contribution in [3.63, 3.8) is 0 Å². The van der Waals surface area contributed by atoms with Crippen LogP contribution < -0.4 is 22.5 Å². The van der Waals surface area contributed by atoms with E-state index in [0.29, 0.717) is 65.7 Å². The van der Waals surface area contributed by atoms with Crippen LogP contribution in [0.5, 0.6) is 0 Å². The van der Waals surface area contributed by atoms with Gasteiger partial charge in [0.1, 0.15) is 23.9 Å². The van der Waals surface area contributed by atoms with Gasteiger partial charge in [-0.3, -0.25) is 4.39 Å². The van der Waals surface area contributed by atoms with Gasteiger partial charge < -0.3 is 41.6 Å².